The van der Waals surface area contributed by atoms with Crippen molar-refractivity contribution in [3.8, 4) is 11.1 Å². The molecule has 7 aromatic carbocycles. The summed E-state index contributed by atoms with van der Waals surface area (Å²) in [7, 11) is 0. The SMILES string of the molecule is O=C(Cc1ccccc1-c1cccc2oc3ccc(Cl)cc3c12)c1ccc2ccc3cccc4ccc1c2c34. The van der Waals surface area contributed by atoms with Gasteiger partial charge in [0, 0.05) is 27.8 Å². The number of ketones is 1. The summed E-state index contributed by atoms with van der Waals surface area (Å²) in [6, 6.07) is 38.9. The zero-order valence-electron chi connectivity index (χ0n) is 20.9. The summed E-state index contributed by atoms with van der Waals surface area (Å²) in [6.07, 6.45) is 0.299. The van der Waals surface area contributed by atoms with E-state index in [-0.39, 0.29) is 5.78 Å². The molecule has 8 aromatic rings. The van der Waals surface area contributed by atoms with Crippen LogP contribution in [-0.2, 0) is 6.42 Å². The van der Waals surface area contributed by atoms with E-state index >= 15 is 0 Å². The fourth-order valence-corrected chi connectivity index (χ4v) is 6.38. The predicted molar refractivity (Wildman–Crippen MR) is 162 cm³/mol. The van der Waals surface area contributed by atoms with E-state index in [4.69, 9.17) is 16.0 Å². The quantitative estimate of drug-likeness (QED) is 0.171. The third-order valence-corrected chi connectivity index (χ3v) is 8.18. The van der Waals surface area contributed by atoms with Crippen LogP contribution in [-0.4, -0.2) is 5.78 Å². The third-order valence-electron chi connectivity index (χ3n) is 7.94. The van der Waals surface area contributed by atoms with Gasteiger partial charge in [0.2, 0.25) is 0 Å². The summed E-state index contributed by atoms with van der Waals surface area (Å²) in [4.78, 5) is 14.0. The van der Waals surface area contributed by atoms with Gasteiger partial charge in [0.15, 0.2) is 5.78 Å². The van der Waals surface area contributed by atoms with Crippen molar-refractivity contribution in [1.29, 1.82) is 0 Å². The Balaban J connectivity index is 1.28. The second kappa shape index (κ2) is 8.42. The highest BCUT2D eigenvalue weighted by molar-refractivity contribution is 6.32. The molecule has 0 saturated heterocycles. The first-order valence-electron chi connectivity index (χ1n) is 13.0. The first kappa shape index (κ1) is 22.3. The first-order chi connectivity index (χ1) is 19.2. The number of benzene rings is 7. The molecule has 0 radical (unpaired) electrons. The van der Waals surface area contributed by atoms with E-state index in [0.29, 0.717) is 11.4 Å². The lowest BCUT2D eigenvalue weighted by molar-refractivity contribution is 0.0994. The van der Waals surface area contributed by atoms with Crippen LogP contribution in [0.4, 0.5) is 0 Å². The Bertz CT molecular complexity index is 2220. The lowest BCUT2D eigenvalue weighted by atomic mass is 9.88. The Morgan fingerprint density at radius 1 is 0.590 bits per heavy atom. The van der Waals surface area contributed by atoms with E-state index < -0.39 is 0 Å². The molecule has 184 valence electrons. The third kappa shape index (κ3) is 3.39. The molecular formula is C36H21ClO2. The Kier molecular flexibility index (Phi) is 4.82. The van der Waals surface area contributed by atoms with E-state index in [9.17, 15) is 4.79 Å². The van der Waals surface area contributed by atoms with Crippen LogP contribution in [0.3, 0.4) is 0 Å². The van der Waals surface area contributed by atoms with Crippen LogP contribution in [0.1, 0.15) is 15.9 Å². The van der Waals surface area contributed by atoms with Crippen molar-refractivity contribution in [1.82, 2.24) is 0 Å². The van der Waals surface area contributed by atoms with Gasteiger partial charge in [-0.05, 0) is 73.3 Å². The van der Waals surface area contributed by atoms with Gasteiger partial charge in [-0.1, -0.05) is 103 Å². The molecule has 0 fully saturated rings. The average molecular weight is 521 g/mol. The summed E-state index contributed by atoms with van der Waals surface area (Å²) in [5.74, 6) is 0.104. The topological polar surface area (TPSA) is 30.2 Å². The van der Waals surface area contributed by atoms with Crippen molar-refractivity contribution < 1.29 is 9.21 Å². The molecule has 39 heavy (non-hydrogen) atoms. The van der Waals surface area contributed by atoms with Gasteiger partial charge in [-0.25, -0.2) is 0 Å². The summed E-state index contributed by atoms with van der Waals surface area (Å²) in [5.41, 5.74) is 5.40. The number of hydrogen-bond donors (Lipinski definition) is 0. The molecule has 0 aliphatic rings. The zero-order valence-corrected chi connectivity index (χ0v) is 21.6. The van der Waals surface area contributed by atoms with E-state index in [1.165, 1.54) is 16.2 Å². The Labute approximate surface area is 229 Å². The average Bonchev–Trinajstić information content (AvgIpc) is 3.34. The summed E-state index contributed by atoms with van der Waals surface area (Å²) < 4.78 is 6.14. The van der Waals surface area contributed by atoms with Gasteiger partial charge in [-0.15, -0.1) is 0 Å². The molecule has 1 heterocycles. The van der Waals surface area contributed by atoms with Crippen molar-refractivity contribution in [2.24, 2.45) is 0 Å². The molecule has 0 spiro atoms. The Morgan fingerprint density at radius 2 is 1.31 bits per heavy atom. The standard InChI is InChI=1S/C36H21ClO2/c37-25-15-18-32-30(20-25)36-28(9-4-10-33(36)39-32)26-8-2-1-5-24(26)19-31(38)27-16-13-23-12-11-21-6-3-7-22-14-17-29(27)35(23)34(21)22/h1-18,20H,19H2. The molecule has 0 atom stereocenters. The number of carbonyl (C=O) groups excluding carboxylic acids is 1. The van der Waals surface area contributed by atoms with Crippen LogP contribution in [0.5, 0.6) is 0 Å². The number of Topliss-reactive ketones (excluding diaryl/α,β-unsaturated/α-hetero) is 1. The predicted octanol–water partition coefficient (Wildman–Crippen LogP) is 10.2. The fraction of sp³-hybridized carbons (Fsp3) is 0.0278. The molecule has 0 amide bonds. The maximum Gasteiger partial charge on any atom is 0.167 e. The Morgan fingerprint density at radius 3 is 2.18 bits per heavy atom. The second-order valence-corrected chi connectivity index (χ2v) is 10.6. The fourth-order valence-electron chi connectivity index (χ4n) is 6.21. The maximum atomic E-state index is 14.0. The molecule has 0 unspecified atom stereocenters. The van der Waals surface area contributed by atoms with E-state index in [2.05, 4.69) is 66.7 Å². The number of carbonyl (C=O) groups is 1. The van der Waals surface area contributed by atoms with Gasteiger partial charge in [0.05, 0.1) is 0 Å². The maximum absolute atomic E-state index is 14.0. The number of furan rings is 1. The number of rotatable bonds is 4. The molecule has 0 aliphatic carbocycles. The van der Waals surface area contributed by atoms with Crippen molar-refractivity contribution >= 4 is 71.6 Å². The minimum Gasteiger partial charge on any atom is -0.456 e. The normalized spacial score (nSPS) is 11.9. The van der Waals surface area contributed by atoms with Crippen molar-refractivity contribution in [2.75, 3.05) is 0 Å². The van der Waals surface area contributed by atoms with Gasteiger partial charge in [-0.3, -0.25) is 4.79 Å². The lowest BCUT2D eigenvalue weighted by Crippen LogP contribution is -2.06. The second-order valence-electron chi connectivity index (χ2n) is 10.1. The van der Waals surface area contributed by atoms with Crippen LogP contribution >= 0.6 is 11.6 Å². The van der Waals surface area contributed by atoms with Gasteiger partial charge < -0.3 is 4.42 Å². The van der Waals surface area contributed by atoms with E-state index in [1.807, 2.05) is 48.5 Å². The largest absolute Gasteiger partial charge is 0.456 e. The van der Waals surface area contributed by atoms with Crippen LogP contribution in [0.2, 0.25) is 5.02 Å². The van der Waals surface area contributed by atoms with Gasteiger partial charge in [0.25, 0.3) is 0 Å². The highest BCUT2D eigenvalue weighted by Crippen LogP contribution is 2.40. The highest BCUT2D eigenvalue weighted by Gasteiger charge is 2.19. The highest BCUT2D eigenvalue weighted by atomic mass is 35.5. The number of fused-ring (bicyclic) bond motifs is 3. The minimum atomic E-state index is 0.104. The molecule has 0 N–H and O–H groups in total. The molecule has 8 rings (SSSR count). The van der Waals surface area contributed by atoms with Gasteiger partial charge in [0.1, 0.15) is 11.2 Å². The first-order valence-corrected chi connectivity index (χ1v) is 13.4. The van der Waals surface area contributed by atoms with Crippen LogP contribution in [0, 0.1) is 0 Å². The molecule has 0 aliphatic heterocycles. The van der Waals surface area contributed by atoms with E-state index in [0.717, 1.165) is 60.4 Å². The molecule has 2 nitrogen and oxygen atoms in total. The monoisotopic (exact) mass is 520 g/mol. The molecule has 0 saturated carbocycles. The van der Waals surface area contributed by atoms with Crippen molar-refractivity contribution in [3.63, 3.8) is 0 Å². The molecule has 0 bridgehead atoms. The van der Waals surface area contributed by atoms with E-state index in [1.54, 1.807) is 0 Å². The molecular weight excluding hydrogens is 500 g/mol. The van der Waals surface area contributed by atoms with Gasteiger partial charge >= 0.3 is 0 Å². The summed E-state index contributed by atoms with van der Waals surface area (Å²) in [6.45, 7) is 0. The smallest absolute Gasteiger partial charge is 0.167 e. The van der Waals surface area contributed by atoms with Gasteiger partial charge in [-0.2, -0.15) is 0 Å². The summed E-state index contributed by atoms with van der Waals surface area (Å²) >= 11 is 6.36. The Hall–Kier alpha value is -4.66. The van der Waals surface area contributed by atoms with Crippen LogP contribution < -0.4 is 0 Å². The van der Waals surface area contributed by atoms with Crippen LogP contribution in [0.25, 0.3) is 65.4 Å². The van der Waals surface area contributed by atoms with Crippen LogP contribution in [0.15, 0.2) is 120 Å². The van der Waals surface area contributed by atoms with Crippen molar-refractivity contribution in [2.45, 2.75) is 6.42 Å². The lowest BCUT2D eigenvalue weighted by Gasteiger charge is -2.14. The number of hydrogen-bond acceptors (Lipinski definition) is 2. The molecule has 1 aromatic heterocycles. The number of halogens is 1. The zero-order chi connectivity index (χ0) is 26.1. The van der Waals surface area contributed by atoms with Crippen molar-refractivity contribution in [3.05, 3.63) is 131 Å². The minimum absolute atomic E-state index is 0.104. The molecule has 3 heteroatoms. The summed E-state index contributed by atoms with van der Waals surface area (Å²) in [5, 5.41) is 9.59.